The summed E-state index contributed by atoms with van der Waals surface area (Å²) in [5, 5.41) is 11.4. The Morgan fingerprint density at radius 3 is 2.48 bits per heavy atom. The lowest BCUT2D eigenvalue weighted by molar-refractivity contribution is -0.146. The molecule has 1 aromatic rings. The lowest BCUT2D eigenvalue weighted by Gasteiger charge is -2.61. The van der Waals surface area contributed by atoms with E-state index in [2.05, 4.69) is 50.0 Å². The SMILES string of the molecule is CO[C@H]1CC[C@H]2[C@@H]3CC[C@@H]4C[C@@](O)(C#CCc5ccccc5)CC[C@]4(C)[C@H]3CC[C@]12C. The molecule has 2 nitrogen and oxygen atoms in total. The Labute approximate surface area is 189 Å². The number of ether oxygens (including phenoxy) is 1. The lowest BCUT2D eigenvalue weighted by atomic mass is 9.44. The van der Waals surface area contributed by atoms with Gasteiger partial charge in [0.05, 0.1) is 6.10 Å². The molecule has 4 fully saturated rings. The van der Waals surface area contributed by atoms with E-state index < -0.39 is 5.60 Å². The molecule has 0 amide bonds. The smallest absolute Gasteiger partial charge is 0.125 e. The van der Waals surface area contributed by atoms with Gasteiger partial charge in [-0.15, -0.1) is 0 Å². The van der Waals surface area contributed by atoms with Gasteiger partial charge in [0, 0.05) is 13.5 Å². The Balaban J connectivity index is 1.30. The second kappa shape index (κ2) is 7.93. The van der Waals surface area contributed by atoms with Crippen LogP contribution in [0.2, 0.25) is 0 Å². The molecule has 0 aliphatic heterocycles. The van der Waals surface area contributed by atoms with E-state index in [1.54, 1.807) is 0 Å². The first kappa shape index (κ1) is 21.5. The van der Waals surface area contributed by atoms with Gasteiger partial charge in [-0.1, -0.05) is 56.0 Å². The van der Waals surface area contributed by atoms with Gasteiger partial charge in [0.1, 0.15) is 5.60 Å². The van der Waals surface area contributed by atoms with Crippen LogP contribution < -0.4 is 0 Å². The summed E-state index contributed by atoms with van der Waals surface area (Å²) in [4.78, 5) is 0. The summed E-state index contributed by atoms with van der Waals surface area (Å²) >= 11 is 0. The van der Waals surface area contributed by atoms with E-state index in [-0.39, 0.29) is 0 Å². The number of fused-ring (bicyclic) bond motifs is 5. The summed E-state index contributed by atoms with van der Waals surface area (Å²) in [5.41, 5.74) is 1.21. The minimum Gasteiger partial charge on any atom is -0.381 e. The number of methoxy groups -OCH3 is 1. The van der Waals surface area contributed by atoms with Crippen LogP contribution in [-0.2, 0) is 11.2 Å². The second-order valence-electron chi connectivity index (χ2n) is 11.7. The van der Waals surface area contributed by atoms with Gasteiger partial charge >= 0.3 is 0 Å². The van der Waals surface area contributed by atoms with Crippen molar-refractivity contribution in [3.05, 3.63) is 35.9 Å². The molecule has 1 N–H and O–H groups in total. The zero-order chi connectivity index (χ0) is 21.7. The van der Waals surface area contributed by atoms with Crippen molar-refractivity contribution in [3.63, 3.8) is 0 Å². The van der Waals surface area contributed by atoms with Crippen molar-refractivity contribution in [1.82, 2.24) is 0 Å². The number of rotatable bonds is 2. The van der Waals surface area contributed by atoms with E-state index in [0.29, 0.717) is 22.9 Å². The van der Waals surface area contributed by atoms with Crippen molar-refractivity contribution in [1.29, 1.82) is 0 Å². The van der Waals surface area contributed by atoms with Gasteiger partial charge in [0.2, 0.25) is 0 Å². The summed E-state index contributed by atoms with van der Waals surface area (Å²) in [6.07, 6.45) is 11.9. The second-order valence-corrected chi connectivity index (χ2v) is 11.7. The quantitative estimate of drug-likeness (QED) is 0.593. The first-order valence-electron chi connectivity index (χ1n) is 12.7. The third kappa shape index (κ3) is 3.57. The lowest BCUT2D eigenvalue weighted by Crippen LogP contribution is -2.56. The van der Waals surface area contributed by atoms with Gasteiger partial charge < -0.3 is 9.84 Å². The summed E-state index contributed by atoms with van der Waals surface area (Å²) in [6, 6.07) is 10.4. The Bertz CT molecular complexity index is 852. The van der Waals surface area contributed by atoms with E-state index in [9.17, 15) is 5.11 Å². The maximum absolute atomic E-state index is 11.4. The van der Waals surface area contributed by atoms with Crippen LogP contribution >= 0.6 is 0 Å². The zero-order valence-corrected chi connectivity index (χ0v) is 19.7. The van der Waals surface area contributed by atoms with E-state index in [1.165, 1.54) is 44.1 Å². The highest BCUT2D eigenvalue weighted by Gasteiger charge is 2.61. The van der Waals surface area contributed by atoms with Gasteiger partial charge in [0.15, 0.2) is 0 Å². The van der Waals surface area contributed by atoms with Gasteiger partial charge in [-0.2, -0.15) is 0 Å². The number of hydrogen-bond donors (Lipinski definition) is 1. The van der Waals surface area contributed by atoms with Crippen molar-refractivity contribution in [3.8, 4) is 11.8 Å². The number of hydrogen-bond acceptors (Lipinski definition) is 2. The molecule has 4 aliphatic carbocycles. The van der Waals surface area contributed by atoms with Crippen LogP contribution in [0, 0.1) is 46.3 Å². The van der Waals surface area contributed by atoms with Crippen molar-refractivity contribution >= 4 is 0 Å². The molecule has 0 saturated heterocycles. The van der Waals surface area contributed by atoms with Crippen molar-refractivity contribution in [2.75, 3.05) is 7.11 Å². The van der Waals surface area contributed by atoms with Gasteiger partial charge in [-0.05, 0) is 97.9 Å². The molecule has 0 heterocycles. The fourth-order valence-corrected chi connectivity index (χ4v) is 8.60. The molecule has 2 heteroatoms. The maximum atomic E-state index is 11.4. The topological polar surface area (TPSA) is 29.5 Å². The monoisotopic (exact) mass is 420 g/mol. The highest BCUT2D eigenvalue weighted by atomic mass is 16.5. The molecule has 4 aliphatic rings. The highest BCUT2D eigenvalue weighted by molar-refractivity contribution is 5.25. The van der Waals surface area contributed by atoms with Crippen molar-refractivity contribution < 1.29 is 9.84 Å². The molecule has 1 aromatic carbocycles. The summed E-state index contributed by atoms with van der Waals surface area (Å²) in [6.45, 7) is 5.09. The first-order chi connectivity index (χ1) is 14.9. The molecule has 0 aromatic heterocycles. The molecule has 0 spiro atoms. The normalized spacial score (nSPS) is 46.3. The Morgan fingerprint density at radius 1 is 0.935 bits per heavy atom. The maximum Gasteiger partial charge on any atom is 0.125 e. The fraction of sp³-hybridized carbons (Fsp3) is 0.724. The summed E-state index contributed by atoms with van der Waals surface area (Å²) < 4.78 is 5.94. The number of aliphatic hydroxyl groups is 1. The third-order valence-corrected chi connectivity index (χ3v) is 10.4. The predicted molar refractivity (Wildman–Crippen MR) is 125 cm³/mol. The minimum absolute atomic E-state index is 0.378. The standard InChI is InChI=1S/C29H40O2/c1-27-18-19-29(30,16-7-10-21-8-5-4-6-9-21)20-22(27)11-12-23-24-13-14-26(31-3)28(24,2)17-15-25(23)27/h4-6,8-9,22-26,30H,10-15,17-20H2,1-3H3/t22-,23+,24+,25+,26+,27+,28+,29-/m1/s1. The Hall–Kier alpha value is -1.30. The molecule has 4 saturated carbocycles. The molecule has 0 radical (unpaired) electrons. The van der Waals surface area contributed by atoms with Crippen molar-refractivity contribution in [2.45, 2.75) is 89.8 Å². The largest absolute Gasteiger partial charge is 0.381 e. The average Bonchev–Trinajstić information content (AvgIpc) is 3.11. The van der Waals surface area contributed by atoms with E-state index in [0.717, 1.165) is 43.4 Å². The Morgan fingerprint density at radius 2 is 1.71 bits per heavy atom. The van der Waals surface area contributed by atoms with Gasteiger partial charge in [0.25, 0.3) is 0 Å². The molecule has 0 unspecified atom stereocenters. The summed E-state index contributed by atoms with van der Waals surface area (Å²) in [5.74, 6) is 9.75. The van der Waals surface area contributed by atoms with Crippen LogP contribution in [0.25, 0.3) is 0 Å². The average molecular weight is 421 g/mol. The molecular formula is C29H40O2. The predicted octanol–water partition coefficient (Wildman–Crippen LogP) is 6.02. The molecule has 8 atom stereocenters. The van der Waals surface area contributed by atoms with Gasteiger partial charge in [-0.25, -0.2) is 0 Å². The van der Waals surface area contributed by atoms with E-state index in [4.69, 9.17) is 4.74 Å². The molecular weight excluding hydrogens is 380 g/mol. The zero-order valence-electron chi connectivity index (χ0n) is 19.7. The van der Waals surface area contributed by atoms with Crippen LogP contribution in [0.3, 0.4) is 0 Å². The van der Waals surface area contributed by atoms with Crippen LogP contribution in [0.15, 0.2) is 30.3 Å². The molecule has 168 valence electrons. The fourth-order valence-electron chi connectivity index (χ4n) is 8.60. The van der Waals surface area contributed by atoms with Crippen LogP contribution in [-0.4, -0.2) is 23.9 Å². The molecule has 31 heavy (non-hydrogen) atoms. The molecule has 5 rings (SSSR count). The molecule has 0 bridgehead atoms. The van der Waals surface area contributed by atoms with Crippen molar-refractivity contribution in [2.24, 2.45) is 34.5 Å². The third-order valence-electron chi connectivity index (χ3n) is 10.4. The van der Waals surface area contributed by atoms with Crippen LogP contribution in [0.4, 0.5) is 0 Å². The van der Waals surface area contributed by atoms with Gasteiger partial charge in [-0.3, -0.25) is 0 Å². The Kier molecular flexibility index (Phi) is 5.51. The van der Waals surface area contributed by atoms with E-state index in [1.807, 2.05) is 13.2 Å². The van der Waals surface area contributed by atoms with E-state index >= 15 is 0 Å². The number of benzene rings is 1. The summed E-state index contributed by atoms with van der Waals surface area (Å²) in [7, 11) is 1.92. The van der Waals surface area contributed by atoms with Crippen LogP contribution in [0.5, 0.6) is 0 Å². The minimum atomic E-state index is -0.788. The first-order valence-corrected chi connectivity index (χ1v) is 12.7. The highest BCUT2D eigenvalue weighted by Crippen LogP contribution is 2.67. The van der Waals surface area contributed by atoms with Crippen LogP contribution in [0.1, 0.15) is 77.2 Å².